The van der Waals surface area contributed by atoms with Gasteiger partial charge in [0.05, 0.1) is 11.0 Å². The Labute approximate surface area is 186 Å². The van der Waals surface area contributed by atoms with E-state index in [1.165, 1.54) is 6.42 Å². The summed E-state index contributed by atoms with van der Waals surface area (Å²) in [5, 5.41) is 0. The van der Waals surface area contributed by atoms with Gasteiger partial charge in [0.1, 0.15) is 5.75 Å². The van der Waals surface area contributed by atoms with Gasteiger partial charge < -0.3 is 14.6 Å². The van der Waals surface area contributed by atoms with Crippen LogP contribution in [0.5, 0.6) is 11.6 Å². The Morgan fingerprint density at radius 1 is 1.06 bits per heavy atom. The largest absolute Gasteiger partial charge is 0.436 e. The van der Waals surface area contributed by atoms with Crippen LogP contribution >= 0.6 is 0 Å². The van der Waals surface area contributed by atoms with Gasteiger partial charge in [-0.05, 0) is 55.2 Å². The highest BCUT2D eigenvalue weighted by molar-refractivity contribution is 6.08. The van der Waals surface area contributed by atoms with Crippen LogP contribution in [0.4, 0.5) is 5.82 Å². The van der Waals surface area contributed by atoms with Gasteiger partial charge in [0, 0.05) is 31.0 Å². The van der Waals surface area contributed by atoms with Gasteiger partial charge in [-0.3, -0.25) is 4.79 Å². The lowest BCUT2D eigenvalue weighted by molar-refractivity contribution is 0.103. The summed E-state index contributed by atoms with van der Waals surface area (Å²) in [5.41, 5.74) is 2.15. The summed E-state index contributed by atoms with van der Waals surface area (Å²) in [6.45, 7) is 4.16. The number of ether oxygens (including phenoxy) is 1. The van der Waals surface area contributed by atoms with E-state index in [-0.39, 0.29) is 5.78 Å². The molecule has 4 aromatic rings. The second-order valence-electron chi connectivity index (χ2n) is 8.08. The monoisotopic (exact) mass is 427 g/mol. The number of nitrogens with one attached hydrogen (secondary N) is 1. The minimum absolute atomic E-state index is 0.160. The molecule has 2 aromatic carbocycles. The van der Waals surface area contributed by atoms with Crippen molar-refractivity contribution < 1.29 is 9.53 Å². The van der Waals surface area contributed by atoms with Crippen LogP contribution in [0.2, 0.25) is 0 Å². The molecular weight excluding hydrogens is 402 g/mol. The summed E-state index contributed by atoms with van der Waals surface area (Å²) in [4.78, 5) is 31.5. The van der Waals surface area contributed by atoms with Crippen LogP contribution in [0.25, 0.3) is 11.0 Å². The number of aromatic amines is 1. The third-order valence-electron chi connectivity index (χ3n) is 6.07. The van der Waals surface area contributed by atoms with E-state index in [2.05, 4.69) is 31.8 Å². The Morgan fingerprint density at radius 3 is 2.56 bits per heavy atom. The van der Waals surface area contributed by atoms with Crippen molar-refractivity contribution in [2.24, 2.45) is 5.92 Å². The molecule has 0 amide bonds. The zero-order valence-corrected chi connectivity index (χ0v) is 18.0. The molecule has 0 radical (unpaired) electrons. The average Bonchev–Trinajstić information content (AvgIpc) is 3.29. The molecule has 3 heterocycles. The summed E-state index contributed by atoms with van der Waals surface area (Å²) in [5.74, 6) is 2.81. The van der Waals surface area contributed by atoms with Gasteiger partial charge in [-0.1, -0.05) is 25.5 Å². The van der Waals surface area contributed by atoms with Gasteiger partial charge in [-0.2, -0.15) is 0 Å². The summed E-state index contributed by atoms with van der Waals surface area (Å²) < 4.78 is 6.05. The summed E-state index contributed by atoms with van der Waals surface area (Å²) in [6, 6.07) is 14.6. The number of carbonyl (C=O) groups excluding carboxylic acids is 1. The van der Waals surface area contributed by atoms with E-state index in [1.54, 1.807) is 36.7 Å². The molecule has 0 unspecified atom stereocenters. The number of ketones is 1. The predicted molar refractivity (Wildman–Crippen MR) is 123 cm³/mol. The Morgan fingerprint density at radius 2 is 1.81 bits per heavy atom. The third kappa shape index (κ3) is 4.06. The number of carbonyl (C=O) groups is 1. The number of nitrogens with zero attached hydrogens (tertiary/aromatic N) is 4. The molecule has 1 aliphatic heterocycles. The SMILES string of the molecule is CCC1CCN(c2nccnc2Oc2ccc(C(=O)c3nc4ccccc4[nH]3)cc2)CC1. The van der Waals surface area contributed by atoms with E-state index in [0.29, 0.717) is 23.0 Å². The number of benzene rings is 2. The number of rotatable bonds is 6. The van der Waals surface area contributed by atoms with Gasteiger partial charge >= 0.3 is 0 Å². The minimum Gasteiger partial charge on any atom is -0.436 e. The highest BCUT2D eigenvalue weighted by Gasteiger charge is 2.22. The summed E-state index contributed by atoms with van der Waals surface area (Å²) >= 11 is 0. The number of para-hydroxylation sites is 2. The van der Waals surface area contributed by atoms with E-state index < -0.39 is 0 Å². The number of hydrogen-bond acceptors (Lipinski definition) is 6. The van der Waals surface area contributed by atoms with Crippen LogP contribution in [-0.2, 0) is 0 Å². The standard InChI is InChI=1S/C25H25N5O2/c1-2-17-11-15-30(16-12-17)24-25(27-14-13-26-24)32-19-9-7-18(8-10-19)22(31)23-28-20-5-3-4-6-21(20)29-23/h3-10,13-14,17H,2,11-12,15-16H2,1H3,(H,28,29). The minimum atomic E-state index is -0.160. The zero-order valence-electron chi connectivity index (χ0n) is 18.0. The average molecular weight is 428 g/mol. The van der Waals surface area contributed by atoms with Crippen LogP contribution in [-0.4, -0.2) is 38.8 Å². The Bertz CT molecular complexity index is 1190. The molecular formula is C25H25N5O2. The Balaban J connectivity index is 1.31. The molecule has 1 aliphatic rings. The van der Waals surface area contributed by atoms with Crippen molar-refractivity contribution in [2.75, 3.05) is 18.0 Å². The molecule has 0 aliphatic carbocycles. The molecule has 7 nitrogen and oxygen atoms in total. The highest BCUT2D eigenvalue weighted by Crippen LogP contribution is 2.31. The molecule has 162 valence electrons. The fraction of sp³-hybridized carbons (Fsp3) is 0.280. The maximum atomic E-state index is 12.8. The second kappa shape index (κ2) is 8.78. The maximum Gasteiger partial charge on any atom is 0.263 e. The Hall–Kier alpha value is -3.74. The molecule has 0 bridgehead atoms. The van der Waals surface area contributed by atoms with Crippen molar-refractivity contribution in [3.63, 3.8) is 0 Å². The molecule has 1 fully saturated rings. The molecule has 0 atom stereocenters. The smallest absolute Gasteiger partial charge is 0.263 e. The normalized spacial score (nSPS) is 14.6. The molecule has 5 rings (SSSR count). The van der Waals surface area contributed by atoms with Crippen molar-refractivity contribution in [1.29, 1.82) is 0 Å². The summed E-state index contributed by atoms with van der Waals surface area (Å²) in [7, 11) is 0. The van der Waals surface area contributed by atoms with Crippen LogP contribution in [0, 0.1) is 5.92 Å². The number of fused-ring (bicyclic) bond motifs is 1. The number of H-pyrrole nitrogens is 1. The molecule has 1 saturated heterocycles. The van der Waals surface area contributed by atoms with E-state index in [1.807, 2.05) is 24.3 Å². The lowest BCUT2D eigenvalue weighted by atomic mass is 9.94. The first-order chi connectivity index (χ1) is 15.7. The van der Waals surface area contributed by atoms with E-state index in [0.717, 1.165) is 48.7 Å². The predicted octanol–water partition coefficient (Wildman–Crippen LogP) is 5.00. The molecule has 0 saturated carbocycles. The van der Waals surface area contributed by atoms with E-state index >= 15 is 0 Å². The van der Waals surface area contributed by atoms with Crippen LogP contribution < -0.4 is 9.64 Å². The van der Waals surface area contributed by atoms with Crippen molar-refractivity contribution in [1.82, 2.24) is 19.9 Å². The number of imidazole rings is 1. The molecule has 2 aromatic heterocycles. The first-order valence-corrected chi connectivity index (χ1v) is 11.0. The molecule has 1 N–H and O–H groups in total. The van der Waals surface area contributed by atoms with Crippen LogP contribution in [0.15, 0.2) is 60.9 Å². The van der Waals surface area contributed by atoms with Crippen LogP contribution in [0.1, 0.15) is 42.4 Å². The number of anilines is 1. The Kier molecular flexibility index (Phi) is 5.54. The van der Waals surface area contributed by atoms with Crippen LogP contribution in [0.3, 0.4) is 0 Å². The van der Waals surface area contributed by atoms with Crippen molar-refractivity contribution >= 4 is 22.6 Å². The second-order valence-corrected chi connectivity index (χ2v) is 8.08. The lowest BCUT2D eigenvalue weighted by Gasteiger charge is -2.32. The fourth-order valence-electron chi connectivity index (χ4n) is 4.14. The lowest BCUT2D eigenvalue weighted by Crippen LogP contribution is -2.34. The van der Waals surface area contributed by atoms with Gasteiger partial charge in [0.2, 0.25) is 5.78 Å². The van der Waals surface area contributed by atoms with Gasteiger partial charge in [0.15, 0.2) is 11.6 Å². The van der Waals surface area contributed by atoms with E-state index in [9.17, 15) is 4.79 Å². The first kappa shape index (κ1) is 20.2. The quantitative estimate of drug-likeness (QED) is 0.436. The van der Waals surface area contributed by atoms with Crippen molar-refractivity contribution in [3.8, 4) is 11.6 Å². The first-order valence-electron chi connectivity index (χ1n) is 11.0. The number of aromatic nitrogens is 4. The summed E-state index contributed by atoms with van der Waals surface area (Å²) in [6.07, 6.45) is 6.87. The van der Waals surface area contributed by atoms with Gasteiger partial charge in [-0.25, -0.2) is 15.0 Å². The molecule has 0 spiro atoms. The van der Waals surface area contributed by atoms with Crippen molar-refractivity contribution in [2.45, 2.75) is 26.2 Å². The van der Waals surface area contributed by atoms with Crippen molar-refractivity contribution in [3.05, 3.63) is 72.3 Å². The highest BCUT2D eigenvalue weighted by atomic mass is 16.5. The van der Waals surface area contributed by atoms with Gasteiger partial charge in [0.25, 0.3) is 5.88 Å². The third-order valence-corrected chi connectivity index (χ3v) is 6.07. The topological polar surface area (TPSA) is 84.0 Å². The van der Waals surface area contributed by atoms with Gasteiger partial charge in [-0.15, -0.1) is 0 Å². The molecule has 32 heavy (non-hydrogen) atoms. The molecule has 7 heteroatoms. The zero-order chi connectivity index (χ0) is 21.9. The number of hydrogen-bond donors (Lipinski definition) is 1. The fourth-order valence-corrected chi connectivity index (χ4v) is 4.14. The number of piperidine rings is 1. The van der Waals surface area contributed by atoms with E-state index in [4.69, 9.17) is 4.74 Å². The maximum absolute atomic E-state index is 12.8.